The van der Waals surface area contributed by atoms with Crippen molar-refractivity contribution in [2.24, 2.45) is 0 Å². The minimum atomic E-state index is 0.0897. The van der Waals surface area contributed by atoms with Gasteiger partial charge in [-0.25, -0.2) is 4.98 Å². The van der Waals surface area contributed by atoms with Gasteiger partial charge >= 0.3 is 0 Å². The van der Waals surface area contributed by atoms with Gasteiger partial charge < -0.3 is 10.1 Å². The maximum atomic E-state index is 5.32. The van der Waals surface area contributed by atoms with E-state index >= 15 is 0 Å². The van der Waals surface area contributed by atoms with Crippen molar-refractivity contribution in [1.29, 1.82) is 0 Å². The summed E-state index contributed by atoms with van der Waals surface area (Å²) in [6, 6.07) is 0.594. The maximum Gasteiger partial charge on any atom is 0.235 e. The summed E-state index contributed by atoms with van der Waals surface area (Å²) in [7, 11) is 1.66. The zero-order valence-electron chi connectivity index (χ0n) is 10.9. The molecule has 2 rings (SSSR count). The summed E-state index contributed by atoms with van der Waals surface area (Å²) in [4.78, 5) is 8.74. The number of aromatic nitrogens is 2. The Morgan fingerprint density at radius 2 is 2.24 bits per heavy atom. The van der Waals surface area contributed by atoms with Crippen molar-refractivity contribution in [2.45, 2.75) is 44.6 Å². The first kappa shape index (κ1) is 12.3. The van der Waals surface area contributed by atoms with Crippen LogP contribution in [0.15, 0.2) is 12.4 Å². The number of hydrogen-bond donors (Lipinski definition) is 1. The molecule has 2 unspecified atom stereocenters. The van der Waals surface area contributed by atoms with Crippen LogP contribution in [0, 0.1) is 0 Å². The number of hydrogen-bond acceptors (Lipinski definition) is 4. The van der Waals surface area contributed by atoms with Crippen LogP contribution in [0.4, 0.5) is 0 Å². The first-order valence-corrected chi connectivity index (χ1v) is 6.28. The predicted octanol–water partition coefficient (Wildman–Crippen LogP) is 1.90. The highest BCUT2D eigenvalue weighted by Gasteiger charge is 2.39. The molecule has 4 nitrogen and oxygen atoms in total. The minimum Gasteiger partial charge on any atom is -0.480 e. The molecular formula is C13H21N3O. The molecule has 1 fully saturated rings. The van der Waals surface area contributed by atoms with Gasteiger partial charge in [0, 0.05) is 23.9 Å². The fourth-order valence-corrected chi connectivity index (χ4v) is 2.81. The van der Waals surface area contributed by atoms with Crippen LogP contribution in [0.2, 0.25) is 0 Å². The Kier molecular flexibility index (Phi) is 3.62. The molecule has 2 atom stereocenters. The van der Waals surface area contributed by atoms with Crippen LogP contribution in [-0.2, 0) is 5.41 Å². The summed E-state index contributed by atoms with van der Waals surface area (Å²) in [5.41, 5.74) is 1.09. The zero-order valence-corrected chi connectivity index (χ0v) is 10.9. The average Bonchev–Trinajstić information content (AvgIpc) is 2.73. The Balaban J connectivity index is 2.21. The molecule has 1 aromatic rings. The summed E-state index contributed by atoms with van der Waals surface area (Å²) in [6.45, 7) is 5.44. The third kappa shape index (κ3) is 2.41. The molecule has 1 aliphatic rings. The molecule has 0 spiro atoms. The number of nitrogens with one attached hydrogen (secondary N) is 1. The second-order valence-electron chi connectivity index (χ2n) is 4.97. The van der Waals surface area contributed by atoms with Gasteiger partial charge in [0.05, 0.1) is 7.11 Å². The molecule has 17 heavy (non-hydrogen) atoms. The standard InChI is InChI=1S/C13H21N3O/c1-4-14-10-5-6-13(2,9-10)11-12(17-3)16-8-7-15-11/h7-8,10,14H,4-6,9H2,1-3H3. The normalized spacial score (nSPS) is 28.3. The Morgan fingerprint density at radius 1 is 1.47 bits per heavy atom. The molecule has 0 bridgehead atoms. The van der Waals surface area contributed by atoms with Gasteiger partial charge in [-0.15, -0.1) is 0 Å². The molecule has 1 saturated carbocycles. The summed E-state index contributed by atoms with van der Waals surface area (Å²) in [5.74, 6) is 0.673. The third-order valence-corrected chi connectivity index (χ3v) is 3.66. The van der Waals surface area contributed by atoms with Crippen LogP contribution in [0.3, 0.4) is 0 Å². The van der Waals surface area contributed by atoms with E-state index in [1.165, 1.54) is 6.42 Å². The van der Waals surface area contributed by atoms with Crippen molar-refractivity contribution >= 4 is 0 Å². The molecule has 1 N–H and O–H groups in total. The van der Waals surface area contributed by atoms with Crippen LogP contribution < -0.4 is 10.1 Å². The Labute approximate surface area is 103 Å². The highest BCUT2D eigenvalue weighted by molar-refractivity contribution is 5.28. The van der Waals surface area contributed by atoms with Crippen molar-refractivity contribution in [1.82, 2.24) is 15.3 Å². The Bertz CT molecular complexity index is 383. The topological polar surface area (TPSA) is 47.0 Å². The minimum absolute atomic E-state index is 0.0897. The van der Waals surface area contributed by atoms with Crippen LogP contribution in [0.1, 0.15) is 38.8 Å². The van der Waals surface area contributed by atoms with E-state index in [0.29, 0.717) is 11.9 Å². The molecule has 0 aliphatic heterocycles. The fourth-order valence-electron chi connectivity index (χ4n) is 2.81. The largest absolute Gasteiger partial charge is 0.480 e. The number of methoxy groups -OCH3 is 1. The van der Waals surface area contributed by atoms with E-state index in [1.54, 1.807) is 19.5 Å². The predicted molar refractivity (Wildman–Crippen MR) is 67.3 cm³/mol. The van der Waals surface area contributed by atoms with Crippen LogP contribution in [0.5, 0.6) is 5.88 Å². The van der Waals surface area contributed by atoms with Gasteiger partial charge in [-0.2, -0.15) is 0 Å². The quantitative estimate of drug-likeness (QED) is 0.866. The lowest BCUT2D eigenvalue weighted by Crippen LogP contribution is -2.29. The molecular weight excluding hydrogens is 214 g/mol. The lowest BCUT2D eigenvalue weighted by Gasteiger charge is -2.24. The molecule has 0 aromatic carbocycles. The van der Waals surface area contributed by atoms with E-state index in [0.717, 1.165) is 25.1 Å². The number of ether oxygens (including phenoxy) is 1. The van der Waals surface area contributed by atoms with Crippen molar-refractivity contribution in [3.05, 3.63) is 18.1 Å². The Hall–Kier alpha value is -1.16. The maximum absolute atomic E-state index is 5.32. The first-order chi connectivity index (χ1) is 8.19. The van der Waals surface area contributed by atoms with Gasteiger partial charge in [0.15, 0.2) is 0 Å². The van der Waals surface area contributed by atoms with Crippen molar-refractivity contribution in [2.75, 3.05) is 13.7 Å². The van der Waals surface area contributed by atoms with Gasteiger partial charge in [-0.05, 0) is 25.8 Å². The van der Waals surface area contributed by atoms with E-state index in [4.69, 9.17) is 4.74 Å². The van der Waals surface area contributed by atoms with Crippen LogP contribution in [-0.4, -0.2) is 29.7 Å². The summed E-state index contributed by atoms with van der Waals surface area (Å²) in [6.07, 6.45) is 6.88. The van der Waals surface area contributed by atoms with E-state index in [1.807, 2.05) is 0 Å². The lowest BCUT2D eigenvalue weighted by molar-refractivity contribution is 0.359. The number of rotatable bonds is 4. The highest BCUT2D eigenvalue weighted by Crippen LogP contribution is 2.42. The molecule has 0 saturated heterocycles. The van der Waals surface area contributed by atoms with E-state index < -0.39 is 0 Å². The van der Waals surface area contributed by atoms with E-state index in [-0.39, 0.29) is 5.41 Å². The zero-order chi connectivity index (χ0) is 12.3. The number of nitrogens with zero attached hydrogens (tertiary/aromatic N) is 2. The van der Waals surface area contributed by atoms with Gasteiger partial charge in [-0.3, -0.25) is 4.98 Å². The molecule has 1 heterocycles. The fraction of sp³-hybridized carbons (Fsp3) is 0.692. The van der Waals surface area contributed by atoms with Crippen molar-refractivity contribution < 1.29 is 4.74 Å². The van der Waals surface area contributed by atoms with Crippen LogP contribution in [0.25, 0.3) is 0 Å². The summed E-state index contributed by atoms with van der Waals surface area (Å²) < 4.78 is 5.32. The van der Waals surface area contributed by atoms with E-state index in [9.17, 15) is 0 Å². The molecule has 94 valence electrons. The molecule has 0 radical (unpaired) electrons. The molecule has 1 aliphatic carbocycles. The van der Waals surface area contributed by atoms with E-state index in [2.05, 4.69) is 29.1 Å². The smallest absolute Gasteiger partial charge is 0.235 e. The summed E-state index contributed by atoms with van der Waals surface area (Å²) >= 11 is 0. The monoisotopic (exact) mass is 235 g/mol. The lowest BCUT2D eigenvalue weighted by atomic mass is 9.84. The third-order valence-electron chi connectivity index (χ3n) is 3.66. The van der Waals surface area contributed by atoms with Gasteiger partial charge in [-0.1, -0.05) is 13.8 Å². The van der Waals surface area contributed by atoms with Gasteiger partial charge in [0.2, 0.25) is 5.88 Å². The van der Waals surface area contributed by atoms with Crippen molar-refractivity contribution in [3.63, 3.8) is 0 Å². The highest BCUT2D eigenvalue weighted by atomic mass is 16.5. The average molecular weight is 235 g/mol. The molecule has 4 heteroatoms. The second-order valence-corrected chi connectivity index (χ2v) is 4.97. The van der Waals surface area contributed by atoms with Crippen LogP contribution >= 0.6 is 0 Å². The summed E-state index contributed by atoms with van der Waals surface area (Å²) in [5, 5.41) is 3.52. The first-order valence-electron chi connectivity index (χ1n) is 6.28. The molecule has 0 amide bonds. The SMILES string of the molecule is CCNC1CCC(C)(c2nccnc2OC)C1. The van der Waals surface area contributed by atoms with Crippen molar-refractivity contribution in [3.8, 4) is 5.88 Å². The Morgan fingerprint density at radius 3 is 2.94 bits per heavy atom. The molecule has 1 aromatic heterocycles. The van der Waals surface area contributed by atoms with Gasteiger partial charge in [0.1, 0.15) is 5.69 Å². The second kappa shape index (κ2) is 5.00. The van der Waals surface area contributed by atoms with Gasteiger partial charge in [0.25, 0.3) is 0 Å².